The van der Waals surface area contributed by atoms with Crippen LogP contribution in [0.3, 0.4) is 0 Å². The molecule has 14 heteroatoms. The number of rotatable bonds is 26. The third-order valence-corrected chi connectivity index (χ3v) is 6.78. The molecule has 0 rings (SSSR count). The number of unbranched alkanes of at least 4 members (excludes halogenated alkanes) is 6. The zero-order chi connectivity index (χ0) is 33.9. The third-order valence-electron chi connectivity index (χ3n) is 6.78. The highest BCUT2D eigenvalue weighted by molar-refractivity contribution is 5.83. The minimum Gasteiger partial charge on any atom is -0.356 e. The van der Waals surface area contributed by atoms with Crippen LogP contribution in [-0.2, 0) is 24.0 Å². The molecule has 0 saturated carbocycles. The largest absolute Gasteiger partial charge is 0.356 e. The maximum atomic E-state index is 12.1. The summed E-state index contributed by atoms with van der Waals surface area (Å²) in [5.41, 5.74) is 0. The molecule has 14 nitrogen and oxygen atoms in total. The molecule has 0 heterocycles. The molecule has 5 N–H and O–H groups in total. The summed E-state index contributed by atoms with van der Waals surface area (Å²) in [5.74, 6) is 3.02. The SMILES string of the molecule is C#CCN(CC#C)CCCCCN(O)C(=O)CCC(=O)NCCCCCN(O)C(=O)CCC(=O)NCCCCCN(O)C(C)=O. The molecule has 0 spiro atoms. The van der Waals surface area contributed by atoms with Crippen molar-refractivity contribution >= 4 is 29.5 Å². The summed E-state index contributed by atoms with van der Waals surface area (Å²) in [6, 6.07) is 0. The molecule has 0 aliphatic rings. The van der Waals surface area contributed by atoms with Gasteiger partial charge in [-0.15, -0.1) is 12.8 Å². The molecule has 0 bridgehead atoms. The lowest BCUT2D eigenvalue weighted by Crippen LogP contribution is -2.31. The van der Waals surface area contributed by atoms with Gasteiger partial charge in [-0.05, 0) is 51.4 Å². The Morgan fingerprint density at radius 2 is 0.933 bits per heavy atom. The van der Waals surface area contributed by atoms with Crippen LogP contribution in [0.5, 0.6) is 0 Å². The highest BCUT2D eigenvalue weighted by Gasteiger charge is 2.14. The second-order valence-electron chi connectivity index (χ2n) is 10.7. The number of carbonyl (C=O) groups is 5. The van der Waals surface area contributed by atoms with E-state index in [0.717, 1.165) is 19.4 Å². The first-order valence-corrected chi connectivity index (χ1v) is 15.6. The van der Waals surface area contributed by atoms with E-state index in [2.05, 4.69) is 22.5 Å². The van der Waals surface area contributed by atoms with Gasteiger partial charge in [-0.25, -0.2) is 15.2 Å². The Balaban J connectivity index is 3.82. The fourth-order valence-corrected chi connectivity index (χ4v) is 4.11. The Kier molecular flexibility index (Phi) is 24.5. The van der Waals surface area contributed by atoms with Crippen molar-refractivity contribution < 1.29 is 39.6 Å². The van der Waals surface area contributed by atoms with E-state index in [1.54, 1.807) is 0 Å². The summed E-state index contributed by atoms with van der Waals surface area (Å²) in [4.78, 5) is 60.9. The number of terminal acetylenes is 2. The van der Waals surface area contributed by atoms with E-state index in [4.69, 9.17) is 12.8 Å². The second-order valence-corrected chi connectivity index (χ2v) is 10.7. The van der Waals surface area contributed by atoms with Gasteiger partial charge >= 0.3 is 0 Å². The quantitative estimate of drug-likeness (QED) is 0.0407. The topological polar surface area (TPSA) is 183 Å². The molecule has 0 atom stereocenters. The molecule has 5 amide bonds. The van der Waals surface area contributed by atoms with Gasteiger partial charge in [0, 0.05) is 71.9 Å². The fraction of sp³-hybridized carbons (Fsp3) is 0.710. The van der Waals surface area contributed by atoms with Crippen LogP contribution < -0.4 is 10.6 Å². The average Bonchev–Trinajstić information content (AvgIpc) is 3.01. The second kappa shape index (κ2) is 26.7. The number of amides is 5. The minimum absolute atomic E-state index is 0.0426. The predicted molar refractivity (Wildman–Crippen MR) is 166 cm³/mol. The average molecular weight is 637 g/mol. The predicted octanol–water partition coefficient (Wildman–Crippen LogP) is 1.53. The van der Waals surface area contributed by atoms with Gasteiger partial charge in [0.2, 0.25) is 29.5 Å². The first kappa shape index (κ1) is 41.3. The summed E-state index contributed by atoms with van der Waals surface area (Å²) < 4.78 is 0. The Morgan fingerprint density at radius 1 is 0.556 bits per heavy atom. The highest BCUT2D eigenvalue weighted by Crippen LogP contribution is 2.04. The van der Waals surface area contributed by atoms with Crippen molar-refractivity contribution in [1.82, 2.24) is 30.7 Å². The van der Waals surface area contributed by atoms with Gasteiger partial charge in [0.1, 0.15) is 0 Å². The molecule has 0 aliphatic heterocycles. The molecule has 0 saturated heterocycles. The minimum atomic E-state index is -0.555. The van der Waals surface area contributed by atoms with Gasteiger partial charge in [-0.3, -0.25) is 44.5 Å². The van der Waals surface area contributed by atoms with Crippen LogP contribution in [0.1, 0.15) is 90.4 Å². The van der Waals surface area contributed by atoms with Crippen LogP contribution in [0.25, 0.3) is 0 Å². The maximum absolute atomic E-state index is 12.1. The zero-order valence-electron chi connectivity index (χ0n) is 26.7. The van der Waals surface area contributed by atoms with Crippen molar-refractivity contribution in [2.24, 2.45) is 0 Å². The van der Waals surface area contributed by atoms with Crippen LogP contribution in [-0.4, -0.2) is 118 Å². The molecule has 0 aromatic carbocycles. The smallest absolute Gasteiger partial charge is 0.246 e. The van der Waals surface area contributed by atoms with E-state index >= 15 is 0 Å². The van der Waals surface area contributed by atoms with Gasteiger partial charge in [-0.1, -0.05) is 18.3 Å². The number of hydrogen-bond donors (Lipinski definition) is 5. The molecular weight excluding hydrogens is 584 g/mol. The van der Waals surface area contributed by atoms with Crippen LogP contribution >= 0.6 is 0 Å². The van der Waals surface area contributed by atoms with Gasteiger partial charge in [0.25, 0.3) is 0 Å². The first-order chi connectivity index (χ1) is 21.5. The third kappa shape index (κ3) is 23.4. The normalized spacial score (nSPS) is 10.5. The van der Waals surface area contributed by atoms with Gasteiger partial charge in [0.15, 0.2) is 0 Å². The number of carbonyl (C=O) groups excluding carboxylic acids is 5. The lowest BCUT2D eigenvalue weighted by molar-refractivity contribution is -0.166. The fourth-order valence-electron chi connectivity index (χ4n) is 4.11. The van der Waals surface area contributed by atoms with E-state index < -0.39 is 17.7 Å². The van der Waals surface area contributed by atoms with Crippen molar-refractivity contribution in [3.05, 3.63) is 0 Å². The van der Waals surface area contributed by atoms with E-state index in [0.29, 0.717) is 86.3 Å². The maximum Gasteiger partial charge on any atom is 0.246 e. The molecule has 0 fully saturated rings. The van der Waals surface area contributed by atoms with Crippen LogP contribution in [0.4, 0.5) is 0 Å². The monoisotopic (exact) mass is 636 g/mol. The molecule has 0 aliphatic carbocycles. The van der Waals surface area contributed by atoms with E-state index in [9.17, 15) is 39.6 Å². The summed E-state index contributed by atoms with van der Waals surface area (Å²) in [5, 5.41) is 36.4. The Labute approximate surface area is 267 Å². The van der Waals surface area contributed by atoms with Crippen molar-refractivity contribution in [1.29, 1.82) is 0 Å². The van der Waals surface area contributed by atoms with Crippen molar-refractivity contribution in [2.75, 3.05) is 52.4 Å². The van der Waals surface area contributed by atoms with Crippen molar-refractivity contribution in [3.8, 4) is 24.7 Å². The summed E-state index contributed by atoms with van der Waals surface area (Å²) in [6.07, 6.45) is 16.3. The van der Waals surface area contributed by atoms with Crippen molar-refractivity contribution in [2.45, 2.75) is 90.4 Å². The molecular formula is C31H52N6O8. The Bertz CT molecular complexity index is 964. The van der Waals surface area contributed by atoms with Crippen LogP contribution in [0, 0.1) is 24.7 Å². The van der Waals surface area contributed by atoms with Gasteiger partial charge in [-0.2, -0.15) is 0 Å². The lowest BCUT2D eigenvalue weighted by atomic mass is 10.2. The molecule has 0 radical (unpaired) electrons. The van der Waals surface area contributed by atoms with Gasteiger partial charge in [0.05, 0.1) is 13.1 Å². The Morgan fingerprint density at radius 3 is 1.33 bits per heavy atom. The van der Waals surface area contributed by atoms with Gasteiger partial charge < -0.3 is 10.6 Å². The van der Waals surface area contributed by atoms with Crippen LogP contribution in [0.2, 0.25) is 0 Å². The van der Waals surface area contributed by atoms with E-state index in [1.165, 1.54) is 6.92 Å². The van der Waals surface area contributed by atoms with E-state index in [-0.39, 0.29) is 57.1 Å². The zero-order valence-corrected chi connectivity index (χ0v) is 26.7. The van der Waals surface area contributed by atoms with E-state index in [1.807, 2.05) is 4.90 Å². The molecule has 0 aromatic rings. The molecule has 0 unspecified atom stereocenters. The Hall–Kier alpha value is -3.69. The summed E-state index contributed by atoms with van der Waals surface area (Å²) in [6.45, 7) is 4.27. The standard InChI is InChI=1S/C31H52N6O8/c1-4-21-34(22-5-2)23-11-8-14-26-37(45)31(42)18-16-29(40)33-20-10-7-13-25-36(44)30(41)17-15-28(39)32-19-9-6-12-24-35(43)27(3)38/h1-2,43-45H,6-26H2,3H3,(H,32,39)(H,33,40). The summed E-state index contributed by atoms with van der Waals surface area (Å²) >= 11 is 0. The molecule has 45 heavy (non-hydrogen) atoms. The lowest BCUT2D eigenvalue weighted by Gasteiger charge is -2.17. The van der Waals surface area contributed by atoms with Crippen LogP contribution in [0.15, 0.2) is 0 Å². The number of nitrogens with one attached hydrogen (secondary N) is 2. The first-order valence-electron chi connectivity index (χ1n) is 15.6. The number of hydrogen-bond acceptors (Lipinski definition) is 9. The highest BCUT2D eigenvalue weighted by atomic mass is 16.5. The number of nitrogens with zero attached hydrogens (tertiary/aromatic N) is 4. The molecule has 254 valence electrons. The summed E-state index contributed by atoms with van der Waals surface area (Å²) in [7, 11) is 0. The van der Waals surface area contributed by atoms with Crippen molar-refractivity contribution in [3.63, 3.8) is 0 Å². The molecule has 0 aromatic heterocycles. The number of hydroxylamine groups is 6.